The third-order valence-corrected chi connectivity index (χ3v) is 7.64. The fourth-order valence-corrected chi connectivity index (χ4v) is 5.49. The second-order valence-corrected chi connectivity index (χ2v) is 9.65. The van der Waals surface area contributed by atoms with Crippen LogP contribution in [0.5, 0.6) is 17.2 Å². The summed E-state index contributed by atoms with van der Waals surface area (Å²) in [6.07, 6.45) is 0.889. The number of ether oxygens (including phenoxy) is 3. The Labute approximate surface area is 193 Å². The van der Waals surface area contributed by atoms with Gasteiger partial charge in [0.2, 0.25) is 10.0 Å². The van der Waals surface area contributed by atoms with Crippen molar-refractivity contribution in [2.75, 3.05) is 27.3 Å². The van der Waals surface area contributed by atoms with Gasteiger partial charge in [0, 0.05) is 18.7 Å². The molecule has 6 nitrogen and oxygen atoms in total. The third-order valence-electron chi connectivity index (χ3n) is 5.71. The first-order valence-electron chi connectivity index (χ1n) is 10.7. The highest BCUT2D eigenvalue weighted by molar-refractivity contribution is 7.89. The van der Waals surface area contributed by atoms with E-state index in [9.17, 15) is 12.8 Å². The zero-order valence-corrected chi connectivity index (χ0v) is 19.3. The van der Waals surface area contributed by atoms with Crippen molar-refractivity contribution in [3.8, 4) is 28.4 Å². The van der Waals surface area contributed by atoms with Gasteiger partial charge in [-0.3, -0.25) is 0 Å². The smallest absolute Gasteiger partial charge is 0.245 e. The molecule has 4 rings (SSSR count). The quantitative estimate of drug-likeness (QED) is 0.498. The van der Waals surface area contributed by atoms with Crippen molar-refractivity contribution in [2.24, 2.45) is 0 Å². The molecular formula is C25H26FNO5S. The molecule has 0 N–H and O–H groups in total. The van der Waals surface area contributed by atoms with Gasteiger partial charge >= 0.3 is 0 Å². The molecule has 0 amide bonds. The summed E-state index contributed by atoms with van der Waals surface area (Å²) in [6.45, 7) is 0.537. The Morgan fingerprint density at radius 3 is 2.33 bits per heavy atom. The van der Waals surface area contributed by atoms with E-state index in [1.54, 1.807) is 14.2 Å². The SMILES string of the molecule is COc1ccc(OC)c(-c2cccc(OC3CCN(S(=O)(=O)c4ccccc4F)CC3)c2)c1. The van der Waals surface area contributed by atoms with Crippen molar-refractivity contribution in [1.29, 1.82) is 0 Å². The van der Waals surface area contributed by atoms with Crippen LogP contribution in [0, 0.1) is 5.82 Å². The summed E-state index contributed by atoms with van der Waals surface area (Å²) in [5.74, 6) is 1.40. The molecule has 3 aromatic carbocycles. The minimum Gasteiger partial charge on any atom is -0.497 e. The largest absolute Gasteiger partial charge is 0.497 e. The van der Waals surface area contributed by atoms with Gasteiger partial charge in [-0.05, 0) is 60.9 Å². The molecule has 0 radical (unpaired) electrons. The van der Waals surface area contributed by atoms with Crippen LogP contribution in [0.15, 0.2) is 71.6 Å². The van der Waals surface area contributed by atoms with E-state index in [1.807, 2.05) is 42.5 Å². The van der Waals surface area contributed by atoms with Crippen LogP contribution in [-0.2, 0) is 10.0 Å². The molecule has 1 saturated heterocycles. The van der Waals surface area contributed by atoms with E-state index in [2.05, 4.69) is 0 Å². The van der Waals surface area contributed by atoms with Crippen LogP contribution in [0.4, 0.5) is 4.39 Å². The molecule has 3 aromatic rings. The van der Waals surface area contributed by atoms with E-state index in [-0.39, 0.29) is 24.1 Å². The van der Waals surface area contributed by atoms with Gasteiger partial charge in [0.15, 0.2) is 0 Å². The number of rotatable bonds is 7. The Morgan fingerprint density at radius 2 is 1.64 bits per heavy atom. The number of hydrogen-bond donors (Lipinski definition) is 0. The molecule has 0 bridgehead atoms. The number of nitrogens with zero attached hydrogens (tertiary/aromatic N) is 1. The van der Waals surface area contributed by atoms with Crippen LogP contribution in [0.2, 0.25) is 0 Å². The lowest BCUT2D eigenvalue weighted by Crippen LogP contribution is -2.41. The Morgan fingerprint density at radius 1 is 0.879 bits per heavy atom. The summed E-state index contributed by atoms with van der Waals surface area (Å²) in [7, 11) is -0.634. The summed E-state index contributed by atoms with van der Waals surface area (Å²) in [5, 5.41) is 0. The lowest BCUT2D eigenvalue weighted by molar-refractivity contribution is 0.135. The summed E-state index contributed by atoms with van der Waals surface area (Å²) in [6, 6.07) is 18.7. The third kappa shape index (κ3) is 4.96. The van der Waals surface area contributed by atoms with Gasteiger partial charge in [0.25, 0.3) is 0 Å². The molecule has 0 atom stereocenters. The predicted molar refractivity (Wildman–Crippen MR) is 124 cm³/mol. The zero-order chi connectivity index (χ0) is 23.4. The van der Waals surface area contributed by atoms with Crippen LogP contribution >= 0.6 is 0 Å². The van der Waals surface area contributed by atoms with Gasteiger partial charge in [-0.25, -0.2) is 12.8 Å². The van der Waals surface area contributed by atoms with E-state index in [0.29, 0.717) is 18.6 Å². The molecule has 0 spiro atoms. The average molecular weight is 472 g/mol. The molecule has 1 aliphatic heterocycles. The molecule has 0 unspecified atom stereocenters. The van der Waals surface area contributed by atoms with Crippen LogP contribution in [0.3, 0.4) is 0 Å². The zero-order valence-electron chi connectivity index (χ0n) is 18.5. The first-order valence-corrected chi connectivity index (χ1v) is 12.1. The van der Waals surface area contributed by atoms with Gasteiger partial charge in [-0.15, -0.1) is 0 Å². The topological polar surface area (TPSA) is 65.1 Å². The van der Waals surface area contributed by atoms with Crippen LogP contribution in [-0.4, -0.2) is 46.1 Å². The highest BCUT2D eigenvalue weighted by Crippen LogP contribution is 2.35. The minimum atomic E-state index is -3.87. The molecular weight excluding hydrogens is 445 g/mol. The number of sulfonamides is 1. The second kappa shape index (κ2) is 9.80. The van der Waals surface area contributed by atoms with E-state index in [0.717, 1.165) is 28.7 Å². The fraction of sp³-hybridized carbons (Fsp3) is 0.280. The minimum absolute atomic E-state index is 0.139. The van der Waals surface area contributed by atoms with E-state index in [4.69, 9.17) is 14.2 Å². The first kappa shape index (κ1) is 23.1. The lowest BCUT2D eigenvalue weighted by atomic mass is 10.0. The lowest BCUT2D eigenvalue weighted by Gasteiger charge is -2.31. The number of hydrogen-bond acceptors (Lipinski definition) is 5. The van der Waals surface area contributed by atoms with Gasteiger partial charge in [-0.2, -0.15) is 4.31 Å². The van der Waals surface area contributed by atoms with Gasteiger partial charge < -0.3 is 14.2 Å². The Balaban J connectivity index is 1.45. The highest BCUT2D eigenvalue weighted by atomic mass is 32.2. The maximum atomic E-state index is 14.0. The summed E-state index contributed by atoms with van der Waals surface area (Å²) < 4.78 is 58.0. The fourth-order valence-electron chi connectivity index (χ4n) is 3.95. The molecule has 1 fully saturated rings. The van der Waals surface area contributed by atoms with Crippen molar-refractivity contribution in [1.82, 2.24) is 4.31 Å². The molecule has 174 valence electrons. The Hall–Kier alpha value is -3.10. The Kier molecular flexibility index (Phi) is 6.85. The maximum absolute atomic E-state index is 14.0. The Bertz CT molecular complexity index is 1220. The van der Waals surface area contributed by atoms with E-state index >= 15 is 0 Å². The molecule has 0 saturated carbocycles. The predicted octanol–water partition coefficient (Wildman–Crippen LogP) is 4.74. The molecule has 8 heteroatoms. The van der Waals surface area contributed by atoms with Crippen LogP contribution < -0.4 is 14.2 Å². The standard InChI is InChI=1S/C25H26FNO5S/c1-30-20-10-11-24(31-2)22(17-20)18-6-5-7-21(16-18)32-19-12-14-27(15-13-19)33(28,29)25-9-4-3-8-23(25)26/h3-11,16-17,19H,12-15H2,1-2H3. The second-order valence-electron chi connectivity index (χ2n) is 7.75. The monoisotopic (exact) mass is 471 g/mol. The normalized spacial score (nSPS) is 15.2. The van der Waals surface area contributed by atoms with Gasteiger partial charge in [-0.1, -0.05) is 24.3 Å². The molecule has 1 heterocycles. The molecule has 33 heavy (non-hydrogen) atoms. The van der Waals surface area contributed by atoms with E-state index < -0.39 is 15.8 Å². The highest BCUT2D eigenvalue weighted by Gasteiger charge is 2.31. The summed E-state index contributed by atoms with van der Waals surface area (Å²) >= 11 is 0. The average Bonchev–Trinajstić information content (AvgIpc) is 2.84. The van der Waals surface area contributed by atoms with E-state index in [1.165, 1.54) is 22.5 Å². The van der Waals surface area contributed by atoms with Crippen LogP contribution in [0.25, 0.3) is 11.1 Å². The maximum Gasteiger partial charge on any atom is 0.245 e. The van der Waals surface area contributed by atoms with Gasteiger partial charge in [0.05, 0.1) is 14.2 Å². The first-order chi connectivity index (χ1) is 15.9. The van der Waals surface area contributed by atoms with Crippen molar-refractivity contribution in [3.05, 3.63) is 72.5 Å². The number of piperidine rings is 1. The van der Waals surface area contributed by atoms with Gasteiger partial charge in [0.1, 0.15) is 34.1 Å². The summed E-state index contributed by atoms with van der Waals surface area (Å²) in [4.78, 5) is -0.288. The number of methoxy groups -OCH3 is 2. The molecule has 0 aliphatic carbocycles. The molecule has 0 aromatic heterocycles. The summed E-state index contributed by atoms with van der Waals surface area (Å²) in [5.41, 5.74) is 1.80. The van der Waals surface area contributed by atoms with Crippen molar-refractivity contribution in [3.63, 3.8) is 0 Å². The van der Waals surface area contributed by atoms with Crippen molar-refractivity contribution >= 4 is 10.0 Å². The number of benzene rings is 3. The molecule has 1 aliphatic rings. The number of halogens is 1. The van der Waals surface area contributed by atoms with Crippen molar-refractivity contribution in [2.45, 2.75) is 23.8 Å². The van der Waals surface area contributed by atoms with Crippen LogP contribution in [0.1, 0.15) is 12.8 Å². The van der Waals surface area contributed by atoms with Crippen molar-refractivity contribution < 1.29 is 27.0 Å².